The second-order valence-corrected chi connectivity index (χ2v) is 9.56. The lowest BCUT2D eigenvalue weighted by Crippen LogP contribution is -2.42. The summed E-state index contributed by atoms with van der Waals surface area (Å²) in [6, 6.07) is 20.1. The van der Waals surface area contributed by atoms with Gasteiger partial charge in [-0.1, -0.05) is 30.3 Å². The average molecular weight is 462 g/mol. The normalized spacial score (nSPS) is 14.4. The Hall–Kier alpha value is -4.03. The van der Waals surface area contributed by atoms with Gasteiger partial charge in [0.2, 0.25) is 0 Å². The Labute approximate surface area is 204 Å². The third kappa shape index (κ3) is 3.86. The summed E-state index contributed by atoms with van der Waals surface area (Å²) >= 11 is 0. The smallest absolute Gasteiger partial charge is 0.139 e. The highest BCUT2D eigenvalue weighted by atomic mass is 16.3. The van der Waals surface area contributed by atoms with Crippen LogP contribution in [0.2, 0.25) is 0 Å². The molecule has 0 atom stereocenters. The summed E-state index contributed by atoms with van der Waals surface area (Å²) in [6.45, 7) is 6.13. The molecule has 6 nitrogen and oxygen atoms in total. The van der Waals surface area contributed by atoms with Crippen molar-refractivity contribution in [2.24, 2.45) is 0 Å². The van der Waals surface area contributed by atoms with Gasteiger partial charge in [0, 0.05) is 42.5 Å². The van der Waals surface area contributed by atoms with Gasteiger partial charge in [-0.25, -0.2) is 4.98 Å². The van der Waals surface area contributed by atoms with Crippen molar-refractivity contribution in [1.82, 2.24) is 24.5 Å². The highest BCUT2D eigenvalue weighted by Gasteiger charge is 2.26. The summed E-state index contributed by atoms with van der Waals surface area (Å²) in [5.74, 6) is 0.691. The maximum Gasteiger partial charge on any atom is 0.139 e. The molecule has 2 aromatic carbocycles. The molecule has 0 unspecified atom stereocenters. The number of para-hydroxylation sites is 1. The minimum absolute atomic E-state index is 0.241. The number of pyridine rings is 1. The highest BCUT2D eigenvalue weighted by molar-refractivity contribution is 5.88. The fraction of sp³-hybridized carbons (Fsp3) is 0.207. The number of benzene rings is 2. The van der Waals surface area contributed by atoms with E-state index < -0.39 is 0 Å². The van der Waals surface area contributed by atoms with Crippen molar-refractivity contribution in [2.75, 3.05) is 20.1 Å². The van der Waals surface area contributed by atoms with Gasteiger partial charge >= 0.3 is 0 Å². The molecule has 1 aliphatic heterocycles. The van der Waals surface area contributed by atoms with Crippen LogP contribution in [0, 0.1) is 13.8 Å². The number of fused-ring (bicyclic) bond motifs is 1. The van der Waals surface area contributed by atoms with Crippen LogP contribution in [0.25, 0.3) is 39.2 Å². The van der Waals surface area contributed by atoms with Crippen LogP contribution in [0.15, 0.2) is 73.1 Å². The van der Waals surface area contributed by atoms with Crippen LogP contribution in [0.1, 0.15) is 22.9 Å². The number of likely N-dealkylation sites (tertiary alicyclic amines) is 1. The first-order chi connectivity index (χ1) is 17.0. The highest BCUT2D eigenvalue weighted by Crippen LogP contribution is 2.39. The molecule has 0 spiro atoms. The van der Waals surface area contributed by atoms with Crippen molar-refractivity contribution in [2.45, 2.75) is 19.8 Å². The van der Waals surface area contributed by atoms with E-state index in [-0.39, 0.29) is 5.75 Å². The Morgan fingerprint density at radius 3 is 2.40 bits per heavy atom. The molecule has 35 heavy (non-hydrogen) atoms. The Morgan fingerprint density at radius 1 is 0.829 bits per heavy atom. The van der Waals surface area contributed by atoms with Gasteiger partial charge in [0.25, 0.3) is 0 Å². The second kappa shape index (κ2) is 8.32. The lowest BCUT2D eigenvalue weighted by molar-refractivity contribution is 0.186. The van der Waals surface area contributed by atoms with E-state index in [1.807, 2.05) is 37.4 Å². The third-order valence-electron chi connectivity index (χ3n) is 6.85. The number of aromatic nitrogens is 4. The van der Waals surface area contributed by atoms with Gasteiger partial charge in [0.05, 0.1) is 17.1 Å². The molecule has 1 aliphatic rings. The Bertz CT molecular complexity index is 1550. The van der Waals surface area contributed by atoms with Gasteiger partial charge in [-0.05, 0) is 73.5 Å². The van der Waals surface area contributed by atoms with Crippen LogP contribution in [-0.2, 0) is 0 Å². The minimum Gasteiger partial charge on any atom is -0.507 e. The molecule has 1 N–H and O–H groups in total. The average Bonchev–Trinajstić information content (AvgIpc) is 3.23. The molecule has 0 bridgehead atoms. The Kier molecular flexibility index (Phi) is 5.11. The lowest BCUT2D eigenvalue weighted by atomic mass is 9.92. The zero-order chi connectivity index (χ0) is 24.1. The molecule has 4 heterocycles. The zero-order valence-corrected chi connectivity index (χ0v) is 20.1. The van der Waals surface area contributed by atoms with Crippen molar-refractivity contribution >= 4 is 5.65 Å². The van der Waals surface area contributed by atoms with Crippen molar-refractivity contribution in [3.8, 4) is 39.3 Å². The third-order valence-corrected chi connectivity index (χ3v) is 6.85. The topological polar surface area (TPSA) is 66.5 Å². The van der Waals surface area contributed by atoms with E-state index in [0.717, 1.165) is 69.2 Å². The second-order valence-electron chi connectivity index (χ2n) is 9.56. The number of aryl methyl sites for hydroxylation is 2. The summed E-state index contributed by atoms with van der Waals surface area (Å²) in [5, 5.41) is 19.9. The van der Waals surface area contributed by atoms with E-state index in [2.05, 4.69) is 75.0 Å². The summed E-state index contributed by atoms with van der Waals surface area (Å²) < 4.78 is 2.08. The molecule has 0 amide bonds. The molecule has 1 fully saturated rings. The first kappa shape index (κ1) is 21.5. The van der Waals surface area contributed by atoms with Crippen molar-refractivity contribution < 1.29 is 5.11 Å². The van der Waals surface area contributed by atoms with Crippen molar-refractivity contribution in [3.05, 3.63) is 90.0 Å². The molecule has 1 saturated heterocycles. The number of aromatic hydroxyl groups is 1. The first-order valence-corrected chi connectivity index (χ1v) is 11.9. The SMILES string of the molecule is Cc1cn2cc(-c3ccc(-c4ccc(C5CN(C)C5)nn4)c(-c4ccccc4O)c3)cc(C)c2n1. The van der Waals surface area contributed by atoms with Gasteiger partial charge in [0.15, 0.2) is 0 Å². The van der Waals surface area contributed by atoms with E-state index in [1.54, 1.807) is 6.07 Å². The van der Waals surface area contributed by atoms with E-state index in [1.165, 1.54) is 0 Å². The van der Waals surface area contributed by atoms with Crippen LogP contribution in [0.5, 0.6) is 5.75 Å². The fourth-order valence-electron chi connectivity index (χ4n) is 5.01. The summed E-state index contributed by atoms with van der Waals surface area (Å²) in [6.07, 6.45) is 4.15. The van der Waals surface area contributed by atoms with Gasteiger partial charge in [0.1, 0.15) is 11.4 Å². The number of phenolic OH excluding ortho intramolecular Hbond substituents is 1. The maximum atomic E-state index is 10.7. The summed E-state index contributed by atoms with van der Waals surface area (Å²) in [5.41, 5.74) is 9.69. The number of likely N-dealkylation sites (N-methyl/N-ethyl adjacent to an activating group) is 1. The van der Waals surface area contributed by atoms with Crippen LogP contribution in [0.3, 0.4) is 0 Å². The molecule has 0 radical (unpaired) electrons. The molecule has 174 valence electrons. The van der Waals surface area contributed by atoms with Crippen LogP contribution in [0.4, 0.5) is 0 Å². The molecule has 6 rings (SSSR count). The quantitative estimate of drug-likeness (QED) is 0.384. The summed E-state index contributed by atoms with van der Waals surface area (Å²) in [4.78, 5) is 6.90. The predicted octanol–water partition coefficient (Wildman–Crippen LogP) is 5.48. The first-order valence-electron chi connectivity index (χ1n) is 11.9. The van der Waals surface area contributed by atoms with E-state index in [9.17, 15) is 5.11 Å². The van der Waals surface area contributed by atoms with Crippen LogP contribution >= 0.6 is 0 Å². The Morgan fingerprint density at radius 2 is 1.66 bits per heavy atom. The van der Waals surface area contributed by atoms with Gasteiger partial charge in [-0.2, -0.15) is 10.2 Å². The van der Waals surface area contributed by atoms with Crippen LogP contribution in [-0.4, -0.2) is 49.7 Å². The lowest BCUT2D eigenvalue weighted by Gasteiger charge is -2.35. The fourth-order valence-corrected chi connectivity index (χ4v) is 5.01. The maximum absolute atomic E-state index is 10.7. The van der Waals surface area contributed by atoms with Crippen molar-refractivity contribution in [3.63, 3.8) is 0 Å². The van der Waals surface area contributed by atoms with Gasteiger partial charge in [-0.3, -0.25) is 0 Å². The van der Waals surface area contributed by atoms with E-state index >= 15 is 0 Å². The number of phenols is 1. The molecular weight excluding hydrogens is 434 g/mol. The molecule has 3 aromatic heterocycles. The molecule has 0 aliphatic carbocycles. The number of hydrogen-bond acceptors (Lipinski definition) is 5. The molecular formula is C29H27N5O. The number of nitrogens with zero attached hydrogens (tertiary/aromatic N) is 5. The molecule has 0 saturated carbocycles. The largest absolute Gasteiger partial charge is 0.507 e. The van der Waals surface area contributed by atoms with E-state index in [0.29, 0.717) is 5.92 Å². The van der Waals surface area contributed by atoms with Crippen LogP contribution < -0.4 is 0 Å². The molecule has 5 aromatic rings. The van der Waals surface area contributed by atoms with Gasteiger partial charge in [-0.15, -0.1) is 0 Å². The number of hydrogen-bond donors (Lipinski definition) is 1. The Balaban J connectivity index is 1.47. The molecule has 6 heteroatoms. The van der Waals surface area contributed by atoms with E-state index in [4.69, 9.17) is 0 Å². The summed E-state index contributed by atoms with van der Waals surface area (Å²) in [7, 11) is 2.12. The number of rotatable bonds is 4. The zero-order valence-electron chi connectivity index (χ0n) is 20.1. The monoisotopic (exact) mass is 461 g/mol. The van der Waals surface area contributed by atoms with Crippen molar-refractivity contribution in [1.29, 1.82) is 0 Å². The van der Waals surface area contributed by atoms with Gasteiger partial charge < -0.3 is 14.4 Å². The minimum atomic E-state index is 0.241. The predicted molar refractivity (Wildman–Crippen MR) is 138 cm³/mol. The number of imidazole rings is 1. The standard InChI is InChI=1S/C29H27N5O/c1-18-12-21(17-34-14-19(2)30-29(18)34)20-8-9-23(25(13-20)24-6-4-5-7-28(24)35)27-11-10-26(31-32-27)22-15-33(3)16-22/h4-14,17,22,35H,15-16H2,1-3H3.